The maximum Gasteiger partial charge on any atom is 0.426 e. The number of benzene rings is 1. The summed E-state index contributed by atoms with van der Waals surface area (Å²) in [4.78, 5) is 99.1. The van der Waals surface area contributed by atoms with Gasteiger partial charge < -0.3 is 66.4 Å². The Morgan fingerprint density at radius 1 is 0.961 bits per heavy atom. The minimum atomic E-state index is -1.00. The van der Waals surface area contributed by atoms with Crippen molar-refractivity contribution >= 4 is 53.3 Å². The number of nitrogens with two attached hydrogens (primary N) is 1. The highest BCUT2D eigenvalue weighted by molar-refractivity contribution is 5.97. The van der Waals surface area contributed by atoms with Crippen molar-refractivity contribution in [2.45, 2.75) is 166 Å². The van der Waals surface area contributed by atoms with Crippen LogP contribution in [0.15, 0.2) is 60.2 Å². The van der Waals surface area contributed by atoms with Gasteiger partial charge in [-0.25, -0.2) is 15.0 Å². The Morgan fingerprint density at radius 2 is 1.70 bits per heavy atom. The van der Waals surface area contributed by atoms with Gasteiger partial charge in [-0.15, -0.1) is 0 Å². The van der Waals surface area contributed by atoms with E-state index >= 15 is 0 Å². The summed E-state index contributed by atoms with van der Waals surface area (Å²) in [5.74, 6) is -2.34. The van der Waals surface area contributed by atoms with Crippen LogP contribution >= 0.6 is 0 Å². The van der Waals surface area contributed by atoms with Crippen molar-refractivity contribution in [1.29, 1.82) is 0 Å². The van der Waals surface area contributed by atoms with Gasteiger partial charge in [-0.05, 0) is 109 Å². The lowest BCUT2D eigenvalue weighted by Crippen LogP contribution is -2.52. The number of hydrazine groups is 1. The molecular weight excluding hydrogens is 987 g/mol. The van der Waals surface area contributed by atoms with E-state index in [2.05, 4.69) is 50.3 Å². The van der Waals surface area contributed by atoms with Gasteiger partial charge in [-0.2, -0.15) is 0 Å². The molecule has 23 heteroatoms. The van der Waals surface area contributed by atoms with Gasteiger partial charge in [-0.3, -0.25) is 33.8 Å². The zero-order chi connectivity index (χ0) is 55.8. The quantitative estimate of drug-likeness (QED) is 0.0146. The Hall–Kier alpha value is -6.40. The van der Waals surface area contributed by atoms with E-state index in [4.69, 9.17) is 29.4 Å². The number of carbonyl (C=O) groups excluding carboxylic acids is 8. The Kier molecular flexibility index (Phi) is 25.8. The lowest BCUT2D eigenvalue weighted by Gasteiger charge is -2.39. The molecule has 1 aromatic carbocycles. The normalized spacial score (nSPS) is 23.9. The lowest BCUT2D eigenvalue weighted by atomic mass is 9.87. The van der Waals surface area contributed by atoms with Crippen molar-refractivity contribution in [3.05, 3.63) is 65.8 Å². The van der Waals surface area contributed by atoms with Gasteiger partial charge in [0.1, 0.15) is 36.6 Å². The standard InChI is InChI=1S/C53H81N9O14/c1-33(13-11-15-43-34(2)27-42(36(4)75-43)60-46(65)24-18-35(3)74-37(5)63)17-23-44-49(68)53(32-73-53)29-40(76-44)28-48(67)62(7)61-52(71)72-31-38-19-21-39(22-20-38)58-50(69)41(14-12-26-56-51(54)70)59-47(66)30-57-45(64)16-9-8-10-25-55-6/h13,17-24,34-36,40-44,49,55,68H,8-12,14-16,25-32H2,1-7H3,(H,57,64)(H,58,69)(H,59,66)(H,60,65)(H,61,71)(H3,54,56,70)/b23-17+,24-18-,33-13+/t34-,35-,36+,40+,41-,42+,43?,44+,49+,53+/m0/s1. The van der Waals surface area contributed by atoms with Crippen LogP contribution in [0, 0.1) is 5.92 Å². The summed E-state index contributed by atoms with van der Waals surface area (Å²) in [6.07, 6.45) is 10.3. The average molecular weight is 1070 g/mol. The first kappa shape index (κ1) is 62.1. The highest BCUT2D eigenvalue weighted by atomic mass is 16.6. The van der Waals surface area contributed by atoms with Crippen LogP contribution in [-0.4, -0.2) is 152 Å². The van der Waals surface area contributed by atoms with Crippen molar-refractivity contribution < 1.29 is 67.1 Å². The Morgan fingerprint density at radius 3 is 2.38 bits per heavy atom. The van der Waals surface area contributed by atoms with E-state index < -0.39 is 71.9 Å². The number of unbranched alkanes of at least 4 members (excludes halogenated alkanes) is 2. The minimum absolute atomic E-state index is 0.00991. The summed E-state index contributed by atoms with van der Waals surface area (Å²) in [5.41, 5.74) is 8.61. The van der Waals surface area contributed by atoms with Gasteiger partial charge in [0.05, 0.1) is 43.9 Å². The number of urea groups is 1. The van der Waals surface area contributed by atoms with Crippen molar-refractivity contribution in [2.24, 2.45) is 11.7 Å². The number of hydrogen-bond acceptors (Lipinski definition) is 15. The number of primary amides is 1. The molecule has 8 amide bonds. The molecule has 0 aliphatic carbocycles. The molecule has 1 unspecified atom stereocenters. The fourth-order valence-electron chi connectivity index (χ4n) is 8.81. The maximum absolute atomic E-state index is 13.3. The fourth-order valence-corrected chi connectivity index (χ4v) is 8.81. The number of hydrogen-bond donors (Lipinski definition) is 9. The van der Waals surface area contributed by atoms with Gasteiger partial charge in [0.2, 0.25) is 29.5 Å². The smallest absolute Gasteiger partial charge is 0.426 e. The second-order valence-electron chi connectivity index (χ2n) is 19.8. The van der Waals surface area contributed by atoms with Crippen LogP contribution in [0.3, 0.4) is 0 Å². The molecule has 23 nitrogen and oxygen atoms in total. The van der Waals surface area contributed by atoms with E-state index in [9.17, 15) is 43.5 Å². The summed E-state index contributed by atoms with van der Waals surface area (Å²) < 4.78 is 28.6. The second-order valence-corrected chi connectivity index (χ2v) is 19.8. The highest BCUT2D eigenvalue weighted by Crippen LogP contribution is 2.43. The molecule has 10 N–H and O–H groups in total. The Balaban J connectivity index is 1.19. The average Bonchev–Trinajstić information content (AvgIpc) is 4.16. The number of amides is 8. The van der Waals surface area contributed by atoms with E-state index in [1.807, 2.05) is 27.0 Å². The molecule has 3 heterocycles. The van der Waals surface area contributed by atoms with Gasteiger partial charge in [0.15, 0.2) is 0 Å². The zero-order valence-corrected chi connectivity index (χ0v) is 45.0. The largest absolute Gasteiger partial charge is 0.459 e. The van der Waals surface area contributed by atoms with E-state index in [1.165, 1.54) is 26.1 Å². The molecule has 1 spiro atoms. The molecule has 422 valence electrons. The molecule has 76 heavy (non-hydrogen) atoms. The molecule has 0 bridgehead atoms. The second kappa shape index (κ2) is 31.6. The van der Waals surface area contributed by atoms with Gasteiger partial charge in [0.25, 0.3) is 0 Å². The number of esters is 1. The van der Waals surface area contributed by atoms with Crippen LogP contribution < -0.4 is 43.1 Å². The molecule has 3 aliphatic heterocycles. The summed E-state index contributed by atoms with van der Waals surface area (Å²) >= 11 is 0. The van der Waals surface area contributed by atoms with Gasteiger partial charge in [-0.1, -0.05) is 49.3 Å². The van der Waals surface area contributed by atoms with E-state index in [0.717, 1.165) is 49.2 Å². The highest BCUT2D eigenvalue weighted by Gasteiger charge is 2.58. The first-order valence-electron chi connectivity index (χ1n) is 26.1. The number of anilines is 1. The summed E-state index contributed by atoms with van der Waals surface area (Å²) in [6, 6.07) is 4.52. The summed E-state index contributed by atoms with van der Waals surface area (Å²) in [6.45, 7) is 9.85. The molecule has 4 rings (SSSR count). The van der Waals surface area contributed by atoms with Crippen molar-refractivity contribution in [2.75, 3.05) is 45.7 Å². The van der Waals surface area contributed by atoms with Crippen LogP contribution in [-0.2, 0) is 59.1 Å². The third-order valence-electron chi connectivity index (χ3n) is 13.2. The number of allylic oxidation sites excluding steroid dienone is 3. The van der Waals surface area contributed by atoms with Gasteiger partial charge in [0, 0.05) is 45.1 Å². The Labute approximate surface area is 445 Å². The molecule has 1 aromatic rings. The van der Waals surface area contributed by atoms with E-state index in [0.29, 0.717) is 30.7 Å². The van der Waals surface area contributed by atoms with Crippen molar-refractivity contribution in [1.82, 2.24) is 37.0 Å². The molecule has 3 saturated heterocycles. The number of nitrogens with one attached hydrogen (secondary N) is 7. The number of aliphatic hydroxyl groups excluding tert-OH is 1. The number of nitrogens with zero attached hydrogens (tertiary/aromatic N) is 1. The predicted molar refractivity (Wildman–Crippen MR) is 280 cm³/mol. The Bertz CT molecular complexity index is 2200. The summed E-state index contributed by atoms with van der Waals surface area (Å²) in [7, 11) is 3.24. The van der Waals surface area contributed by atoms with Crippen LogP contribution in [0.4, 0.5) is 15.3 Å². The molecule has 3 fully saturated rings. The molecule has 3 aliphatic rings. The molecule has 0 radical (unpaired) electrons. The summed E-state index contributed by atoms with van der Waals surface area (Å²) in [5, 5.41) is 28.6. The first-order valence-corrected chi connectivity index (χ1v) is 26.1. The van der Waals surface area contributed by atoms with E-state index in [-0.39, 0.29) is 81.4 Å². The third kappa shape index (κ3) is 22.4. The zero-order valence-electron chi connectivity index (χ0n) is 45.0. The predicted octanol–water partition coefficient (Wildman–Crippen LogP) is 2.82. The van der Waals surface area contributed by atoms with Crippen molar-refractivity contribution in [3.63, 3.8) is 0 Å². The molecule has 10 atom stereocenters. The maximum atomic E-state index is 13.3. The van der Waals surface area contributed by atoms with Gasteiger partial charge >= 0.3 is 18.1 Å². The van der Waals surface area contributed by atoms with Crippen LogP contribution in [0.5, 0.6) is 0 Å². The third-order valence-corrected chi connectivity index (χ3v) is 13.2. The van der Waals surface area contributed by atoms with Crippen LogP contribution in [0.2, 0.25) is 0 Å². The number of ether oxygens (including phenoxy) is 5. The van der Waals surface area contributed by atoms with Crippen LogP contribution in [0.25, 0.3) is 0 Å². The molecule has 0 aromatic heterocycles. The molecular formula is C53H81N9O14. The monoisotopic (exact) mass is 1070 g/mol. The topological polar surface area (TPSA) is 320 Å². The lowest BCUT2D eigenvalue weighted by molar-refractivity contribution is -0.152. The molecule has 0 saturated carbocycles. The fraction of sp³-hybridized carbons (Fsp3) is 0.623. The number of epoxide rings is 1. The number of aliphatic hydroxyl groups is 1. The minimum Gasteiger partial charge on any atom is -0.459 e. The SMILES string of the molecule is CNCCCCCC(=O)NCC(=O)N[C@@H](CCCNC(N)=O)C(=O)Nc1ccc(COC(=O)NN(C)C(=O)C[C@@H]2C[C@@]3(CO3)[C@H](O)[C@@H](/C=C/C(C)=C/CCC3O[C@H](C)[C@H](NC(=O)/C=C\[C@H](C)OC(C)=O)C[C@@H]3C)O2)cc1. The van der Waals surface area contributed by atoms with E-state index in [1.54, 1.807) is 37.3 Å². The van der Waals surface area contributed by atoms with Crippen molar-refractivity contribution in [3.8, 4) is 0 Å². The number of rotatable bonds is 28. The van der Waals surface area contributed by atoms with Crippen LogP contribution in [0.1, 0.15) is 111 Å². The first-order chi connectivity index (χ1) is 36.2. The number of carbonyl (C=O) groups is 8.